The normalized spacial score (nSPS) is 20.6. The van der Waals surface area contributed by atoms with Crippen LogP contribution >= 0.6 is 0 Å². The Morgan fingerprint density at radius 1 is 1.19 bits per heavy atom. The molecule has 1 N–H and O–H groups in total. The molecule has 0 aliphatic heterocycles. The number of halogens is 1. The van der Waals surface area contributed by atoms with Crippen molar-refractivity contribution in [3.05, 3.63) is 52.6 Å². The van der Waals surface area contributed by atoms with Gasteiger partial charge in [0.05, 0.1) is 0 Å². The largest absolute Gasteiger partial charge is 0.396 e. The lowest BCUT2D eigenvalue weighted by Gasteiger charge is -2.19. The molecule has 1 aromatic heterocycles. The summed E-state index contributed by atoms with van der Waals surface area (Å²) in [6.45, 7) is 6.00. The van der Waals surface area contributed by atoms with Gasteiger partial charge in [-0.25, -0.2) is 4.39 Å². The van der Waals surface area contributed by atoms with E-state index in [0.29, 0.717) is 5.56 Å². The highest BCUT2D eigenvalue weighted by Crippen LogP contribution is 2.41. The van der Waals surface area contributed by atoms with E-state index in [9.17, 15) is 9.50 Å². The number of rotatable bonds is 2. The number of aliphatic hydroxyl groups excluding tert-OH is 1. The molecule has 110 valence electrons. The van der Waals surface area contributed by atoms with E-state index in [1.165, 1.54) is 0 Å². The average molecular weight is 285 g/mol. The monoisotopic (exact) mass is 285 g/mol. The smallest absolute Gasteiger partial charge is 0.131 e. The number of aliphatic hydroxyl groups is 1. The van der Waals surface area contributed by atoms with Crippen molar-refractivity contribution in [2.24, 2.45) is 5.41 Å². The summed E-state index contributed by atoms with van der Waals surface area (Å²) >= 11 is 0. The molecule has 21 heavy (non-hydrogen) atoms. The van der Waals surface area contributed by atoms with E-state index >= 15 is 0 Å². The third-order valence-corrected chi connectivity index (χ3v) is 4.33. The topological polar surface area (TPSA) is 33.1 Å². The third kappa shape index (κ3) is 2.46. The maximum absolute atomic E-state index is 14.3. The average Bonchev–Trinajstić information content (AvgIpc) is 2.75. The Morgan fingerprint density at radius 2 is 1.95 bits per heavy atom. The number of hydrogen-bond acceptors (Lipinski definition) is 2. The summed E-state index contributed by atoms with van der Waals surface area (Å²) in [5.74, 6) is -0.194. The SMILES string of the molecule is Cc1ccc(-c2cc(C)nc3c2CC(C)(CO)C3)c(F)c1. The van der Waals surface area contributed by atoms with Crippen LogP contribution in [0, 0.1) is 25.1 Å². The predicted molar refractivity (Wildman–Crippen MR) is 81.7 cm³/mol. The van der Waals surface area contributed by atoms with Crippen molar-refractivity contribution in [3.8, 4) is 11.1 Å². The van der Waals surface area contributed by atoms with E-state index in [-0.39, 0.29) is 17.8 Å². The summed E-state index contributed by atoms with van der Waals surface area (Å²) < 4.78 is 14.3. The Labute approximate surface area is 124 Å². The highest BCUT2D eigenvalue weighted by Gasteiger charge is 2.35. The van der Waals surface area contributed by atoms with E-state index in [4.69, 9.17) is 0 Å². The van der Waals surface area contributed by atoms with Crippen LogP contribution in [0.25, 0.3) is 11.1 Å². The molecule has 2 aromatic rings. The molecule has 1 aromatic carbocycles. The highest BCUT2D eigenvalue weighted by molar-refractivity contribution is 5.70. The van der Waals surface area contributed by atoms with Crippen LogP contribution < -0.4 is 0 Å². The van der Waals surface area contributed by atoms with E-state index in [2.05, 4.69) is 11.9 Å². The minimum atomic E-state index is -0.194. The van der Waals surface area contributed by atoms with Gasteiger partial charge in [-0.15, -0.1) is 0 Å². The first kappa shape index (κ1) is 14.2. The molecule has 1 heterocycles. The van der Waals surface area contributed by atoms with E-state index in [1.807, 2.05) is 32.0 Å². The Bertz CT molecular complexity index is 711. The summed E-state index contributed by atoms with van der Waals surface area (Å²) in [6, 6.07) is 7.29. The number of aryl methyl sites for hydroxylation is 2. The standard InChI is InChI=1S/C18H20FNO/c1-11-4-5-13(16(19)6-11)14-7-12(2)20-17-9-18(3,10-21)8-15(14)17/h4-7,21H,8-10H2,1-3H3. The van der Waals surface area contributed by atoms with Gasteiger partial charge < -0.3 is 5.11 Å². The second-order valence-electron chi connectivity index (χ2n) is 6.54. The zero-order chi connectivity index (χ0) is 15.2. The zero-order valence-corrected chi connectivity index (χ0v) is 12.7. The van der Waals surface area contributed by atoms with Gasteiger partial charge in [-0.3, -0.25) is 4.98 Å². The molecular weight excluding hydrogens is 265 g/mol. The molecule has 1 aliphatic carbocycles. The molecule has 0 spiro atoms. The number of aromatic nitrogens is 1. The zero-order valence-electron chi connectivity index (χ0n) is 12.7. The van der Waals surface area contributed by atoms with Crippen molar-refractivity contribution < 1.29 is 9.50 Å². The lowest BCUT2D eigenvalue weighted by atomic mass is 9.87. The van der Waals surface area contributed by atoms with Crippen molar-refractivity contribution in [1.29, 1.82) is 0 Å². The fourth-order valence-corrected chi connectivity index (χ4v) is 3.19. The molecule has 0 saturated carbocycles. The fraction of sp³-hybridized carbons (Fsp3) is 0.389. The van der Waals surface area contributed by atoms with Gasteiger partial charge in [-0.2, -0.15) is 0 Å². The summed E-state index contributed by atoms with van der Waals surface area (Å²) in [5.41, 5.74) is 5.27. The molecule has 0 bridgehead atoms. The third-order valence-electron chi connectivity index (χ3n) is 4.33. The second kappa shape index (κ2) is 4.92. The number of fused-ring (bicyclic) bond motifs is 1. The number of benzene rings is 1. The van der Waals surface area contributed by atoms with Crippen LogP contribution in [0.4, 0.5) is 4.39 Å². The molecule has 3 heteroatoms. The minimum Gasteiger partial charge on any atom is -0.396 e. The fourth-order valence-electron chi connectivity index (χ4n) is 3.19. The molecule has 0 saturated heterocycles. The Balaban J connectivity index is 2.17. The Kier molecular flexibility index (Phi) is 3.33. The highest BCUT2D eigenvalue weighted by atomic mass is 19.1. The number of pyridine rings is 1. The molecule has 1 unspecified atom stereocenters. The molecule has 1 atom stereocenters. The molecule has 3 rings (SSSR count). The van der Waals surface area contributed by atoms with Crippen LogP contribution in [-0.4, -0.2) is 16.7 Å². The molecular formula is C18H20FNO. The van der Waals surface area contributed by atoms with Gasteiger partial charge in [0.1, 0.15) is 5.82 Å². The Morgan fingerprint density at radius 3 is 2.62 bits per heavy atom. The van der Waals surface area contributed by atoms with Crippen molar-refractivity contribution in [1.82, 2.24) is 4.98 Å². The summed E-state index contributed by atoms with van der Waals surface area (Å²) in [7, 11) is 0. The maximum Gasteiger partial charge on any atom is 0.131 e. The van der Waals surface area contributed by atoms with E-state index in [0.717, 1.165) is 40.9 Å². The molecule has 1 aliphatic rings. The van der Waals surface area contributed by atoms with Gasteiger partial charge in [0.25, 0.3) is 0 Å². The predicted octanol–water partition coefficient (Wildman–Crippen LogP) is 3.60. The minimum absolute atomic E-state index is 0.123. The lowest BCUT2D eigenvalue weighted by Crippen LogP contribution is -2.21. The van der Waals surface area contributed by atoms with Crippen molar-refractivity contribution in [2.75, 3.05) is 6.61 Å². The summed E-state index contributed by atoms with van der Waals surface area (Å²) in [5, 5.41) is 9.62. The van der Waals surface area contributed by atoms with Crippen LogP contribution in [0.3, 0.4) is 0 Å². The number of hydrogen-bond donors (Lipinski definition) is 1. The van der Waals surface area contributed by atoms with Gasteiger partial charge in [-0.1, -0.05) is 19.1 Å². The molecule has 0 fully saturated rings. The lowest BCUT2D eigenvalue weighted by molar-refractivity contribution is 0.151. The van der Waals surface area contributed by atoms with Gasteiger partial charge in [0.15, 0.2) is 0 Å². The summed E-state index contributed by atoms with van der Waals surface area (Å²) in [4.78, 5) is 4.60. The van der Waals surface area contributed by atoms with Crippen LogP contribution in [-0.2, 0) is 12.8 Å². The van der Waals surface area contributed by atoms with Crippen LogP contribution in [0.15, 0.2) is 24.3 Å². The van der Waals surface area contributed by atoms with Crippen molar-refractivity contribution in [3.63, 3.8) is 0 Å². The van der Waals surface area contributed by atoms with Crippen LogP contribution in [0.2, 0.25) is 0 Å². The molecule has 0 radical (unpaired) electrons. The van der Waals surface area contributed by atoms with Gasteiger partial charge in [0, 0.05) is 29.0 Å². The van der Waals surface area contributed by atoms with Gasteiger partial charge in [-0.05, 0) is 55.5 Å². The second-order valence-corrected chi connectivity index (χ2v) is 6.54. The van der Waals surface area contributed by atoms with Crippen molar-refractivity contribution in [2.45, 2.75) is 33.6 Å². The molecule has 2 nitrogen and oxygen atoms in total. The number of nitrogens with zero attached hydrogens (tertiary/aromatic N) is 1. The first-order valence-electron chi connectivity index (χ1n) is 7.29. The first-order valence-corrected chi connectivity index (χ1v) is 7.29. The van der Waals surface area contributed by atoms with E-state index in [1.54, 1.807) is 6.07 Å². The van der Waals surface area contributed by atoms with Crippen LogP contribution in [0.1, 0.15) is 29.4 Å². The molecule has 0 amide bonds. The summed E-state index contributed by atoms with van der Waals surface area (Å²) in [6.07, 6.45) is 1.50. The maximum atomic E-state index is 14.3. The quantitative estimate of drug-likeness (QED) is 0.914. The Hall–Kier alpha value is -1.74. The first-order chi connectivity index (χ1) is 9.92. The van der Waals surface area contributed by atoms with Gasteiger partial charge in [0.2, 0.25) is 0 Å². The van der Waals surface area contributed by atoms with Crippen LogP contribution in [0.5, 0.6) is 0 Å². The van der Waals surface area contributed by atoms with E-state index < -0.39 is 0 Å². The van der Waals surface area contributed by atoms with Gasteiger partial charge >= 0.3 is 0 Å². The van der Waals surface area contributed by atoms with Crippen molar-refractivity contribution >= 4 is 0 Å².